The summed E-state index contributed by atoms with van der Waals surface area (Å²) >= 11 is 0. The van der Waals surface area contributed by atoms with Gasteiger partial charge in [0.05, 0.1) is 20.0 Å². The summed E-state index contributed by atoms with van der Waals surface area (Å²) in [5.74, 6) is 1.33. The zero-order chi connectivity index (χ0) is 18.8. The van der Waals surface area contributed by atoms with Crippen molar-refractivity contribution in [3.63, 3.8) is 0 Å². The van der Waals surface area contributed by atoms with Crippen LogP contribution in [0.15, 0.2) is 64.1 Å². The molecule has 2 aromatic carbocycles. The van der Waals surface area contributed by atoms with Gasteiger partial charge in [-0.25, -0.2) is 4.98 Å². The van der Waals surface area contributed by atoms with Crippen LogP contribution in [0.4, 0.5) is 0 Å². The summed E-state index contributed by atoms with van der Waals surface area (Å²) in [5, 5.41) is 11.0. The summed E-state index contributed by atoms with van der Waals surface area (Å²) < 4.78 is 17.6. The highest BCUT2D eigenvalue weighted by Gasteiger charge is 2.15. The Kier molecular flexibility index (Phi) is 4.52. The molecule has 0 unspecified atom stereocenters. The second-order valence-electron chi connectivity index (χ2n) is 6.12. The summed E-state index contributed by atoms with van der Waals surface area (Å²) in [6.45, 7) is 0.0892. The molecule has 27 heavy (non-hydrogen) atoms. The lowest BCUT2D eigenvalue weighted by atomic mass is 10.2. The number of aliphatic hydroxyl groups excluding tert-OH is 1. The number of aliphatic hydroxyl groups is 1. The Morgan fingerprint density at radius 1 is 1.15 bits per heavy atom. The largest absolute Gasteiger partial charge is 0.497 e. The van der Waals surface area contributed by atoms with Gasteiger partial charge in [0, 0.05) is 5.39 Å². The minimum Gasteiger partial charge on any atom is -0.497 e. The maximum absolute atomic E-state index is 12.6. The predicted molar refractivity (Wildman–Crippen MR) is 100 cm³/mol. The molecule has 2 heterocycles. The van der Waals surface area contributed by atoms with Crippen molar-refractivity contribution in [2.24, 2.45) is 0 Å². The van der Waals surface area contributed by atoms with Crippen molar-refractivity contribution < 1.29 is 19.0 Å². The van der Waals surface area contributed by atoms with E-state index >= 15 is 0 Å². The number of aromatic nitrogens is 2. The molecule has 4 rings (SSSR count). The van der Waals surface area contributed by atoms with Crippen LogP contribution < -0.4 is 15.0 Å². The van der Waals surface area contributed by atoms with Crippen LogP contribution in [0, 0.1) is 0 Å². The first-order chi connectivity index (χ1) is 13.2. The van der Waals surface area contributed by atoms with Crippen LogP contribution >= 0.6 is 0 Å². The highest BCUT2D eigenvalue weighted by atomic mass is 16.5. The van der Waals surface area contributed by atoms with E-state index in [0.29, 0.717) is 16.8 Å². The highest BCUT2D eigenvalue weighted by Crippen LogP contribution is 2.24. The number of fused-ring (bicyclic) bond motifs is 3. The molecule has 0 spiro atoms. The minimum absolute atomic E-state index is 0.0386. The number of benzene rings is 2. The summed E-state index contributed by atoms with van der Waals surface area (Å²) in [5.41, 5.74) is 0.982. The summed E-state index contributed by atoms with van der Waals surface area (Å²) in [6.07, 6.45) is 0.539. The number of methoxy groups -OCH3 is 1. The van der Waals surface area contributed by atoms with Crippen molar-refractivity contribution in [1.82, 2.24) is 9.55 Å². The average Bonchev–Trinajstić information content (AvgIpc) is 3.08. The second kappa shape index (κ2) is 7.13. The Morgan fingerprint density at radius 2 is 1.89 bits per heavy atom. The van der Waals surface area contributed by atoms with E-state index in [1.165, 1.54) is 10.9 Å². The molecule has 0 radical (unpaired) electrons. The molecule has 0 aliphatic heterocycles. The zero-order valence-corrected chi connectivity index (χ0v) is 14.7. The van der Waals surface area contributed by atoms with Gasteiger partial charge in [-0.1, -0.05) is 12.1 Å². The van der Waals surface area contributed by atoms with E-state index < -0.39 is 6.10 Å². The molecule has 1 N–H and O–H groups in total. The van der Waals surface area contributed by atoms with Gasteiger partial charge >= 0.3 is 0 Å². The van der Waals surface area contributed by atoms with Crippen molar-refractivity contribution >= 4 is 22.1 Å². The maximum Gasteiger partial charge on any atom is 0.297 e. The summed E-state index contributed by atoms with van der Waals surface area (Å²) in [7, 11) is 1.59. The monoisotopic (exact) mass is 366 g/mol. The highest BCUT2D eigenvalue weighted by molar-refractivity contribution is 6.01. The Hall–Kier alpha value is -3.32. The lowest BCUT2D eigenvalue weighted by Crippen LogP contribution is -2.30. The number of furan rings is 1. The van der Waals surface area contributed by atoms with Crippen LogP contribution in [0.5, 0.6) is 11.5 Å². The van der Waals surface area contributed by atoms with Crippen molar-refractivity contribution in [2.45, 2.75) is 12.6 Å². The first-order valence-electron chi connectivity index (χ1n) is 8.47. The van der Waals surface area contributed by atoms with Gasteiger partial charge in [-0.05, 0) is 36.4 Å². The average molecular weight is 366 g/mol. The van der Waals surface area contributed by atoms with E-state index in [1.54, 1.807) is 37.4 Å². The molecule has 0 bridgehead atoms. The molecule has 1 atom stereocenters. The molecule has 138 valence electrons. The molecular weight excluding hydrogens is 348 g/mol. The van der Waals surface area contributed by atoms with Crippen LogP contribution in [-0.2, 0) is 6.54 Å². The van der Waals surface area contributed by atoms with Crippen LogP contribution in [-0.4, -0.2) is 34.5 Å². The van der Waals surface area contributed by atoms with E-state index in [1.807, 2.05) is 18.2 Å². The maximum atomic E-state index is 12.6. The quantitative estimate of drug-likeness (QED) is 0.564. The van der Waals surface area contributed by atoms with Gasteiger partial charge in [0.2, 0.25) is 5.58 Å². The SMILES string of the molecule is COc1ccc(OC[C@@H](O)Cn2cnc3c(oc4ccccc43)c2=O)cc1. The van der Waals surface area contributed by atoms with Gasteiger partial charge in [-0.3, -0.25) is 9.36 Å². The fraction of sp³-hybridized carbons (Fsp3) is 0.200. The molecule has 0 saturated carbocycles. The minimum atomic E-state index is -0.881. The van der Waals surface area contributed by atoms with Gasteiger partial charge < -0.3 is 19.0 Å². The van der Waals surface area contributed by atoms with Crippen LogP contribution in [0.25, 0.3) is 22.1 Å². The lowest BCUT2D eigenvalue weighted by molar-refractivity contribution is 0.0914. The van der Waals surface area contributed by atoms with Crippen molar-refractivity contribution in [1.29, 1.82) is 0 Å². The van der Waals surface area contributed by atoms with Crippen molar-refractivity contribution in [3.8, 4) is 11.5 Å². The fourth-order valence-electron chi connectivity index (χ4n) is 2.89. The van der Waals surface area contributed by atoms with Crippen LogP contribution in [0.2, 0.25) is 0 Å². The fourth-order valence-corrected chi connectivity index (χ4v) is 2.89. The third kappa shape index (κ3) is 3.37. The molecule has 4 aromatic rings. The first-order valence-corrected chi connectivity index (χ1v) is 8.47. The standard InChI is InChI=1S/C20H18N2O5/c1-25-14-6-8-15(9-7-14)26-11-13(23)10-22-12-21-18-16-4-2-3-5-17(16)27-19(18)20(22)24/h2-9,12-13,23H,10-11H2,1H3/t13-/m0/s1. The Bertz CT molecular complexity index is 1130. The molecule has 0 aliphatic rings. The van der Waals surface area contributed by atoms with Crippen molar-refractivity contribution in [2.75, 3.05) is 13.7 Å². The Labute approximate surface area is 154 Å². The number of hydrogen-bond acceptors (Lipinski definition) is 6. The van der Waals surface area contributed by atoms with Crippen molar-refractivity contribution in [3.05, 3.63) is 65.2 Å². The Morgan fingerprint density at radius 3 is 2.67 bits per heavy atom. The van der Waals surface area contributed by atoms with Crippen LogP contribution in [0.1, 0.15) is 0 Å². The number of hydrogen-bond donors (Lipinski definition) is 1. The van der Waals surface area contributed by atoms with Gasteiger partial charge in [0.1, 0.15) is 35.3 Å². The van der Waals surface area contributed by atoms with E-state index in [-0.39, 0.29) is 24.3 Å². The van der Waals surface area contributed by atoms with E-state index in [9.17, 15) is 9.90 Å². The Balaban J connectivity index is 1.49. The van der Waals surface area contributed by atoms with E-state index in [2.05, 4.69) is 4.98 Å². The topological polar surface area (TPSA) is 86.7 Å². The lowest BCUT2D eigenvalue weighted by Gasteiger charge is -2.13. The molecule has 0 fully saturated rings. The van der Waals surface area contributed by atoms with Gasteiger partial charge in [0.15, 0.2) is 0 Å². The van der Waals surface area contributed by atoms with E-state index in [0.717, 1.165) is 11.1 Å². The number of para-hydroxylation sites is 1. The molecule has 0 amide bonds. The molecule has 7 heteroatoms. The number of ether oxygens (including phenoxy) is 2. The molecule has 0 saturated heterocycles. The second-order valence-corrected chi connectivity index (χ2v) is 6.12. The molecule has 2 aromatic heterocycles. The molecular formula is C20H18N2O5. The molecule has 0 aliphatic carbocycles. The van der Waals surface area contributed by atoms with Crippen LogP contribution in [0.3, 0.4) is 0 Å². The van der Waals surface area contributed by atoms with Gasteiger partial charge in [-0.2, -0.15) is 0 Å². The summed E-state index contributed by atoms with van der Waals surface area (Å²) in [4.78, 5) is 17.0. The zero-order valence-electron chi connectivity index (χ0n) is 14.7. The number of rotatable bonds is 6. The van der Waals surface area contributed by atoms with Gasteiger partial charge in [0.25, 0.3) is 5.56 Å². The first kappa shape index (κ1) is 17.1. The van der Waals surface area contributed by atoms with Gasteiger partial charge in [-0.15, -0.1) is 0 Å². The third-order valence-corrected chi connectivity index (χ3v) is 4.26. The normalized spacial score (nSPS) is 12.4. The predicted octanol–water partition coefficient (Wildman–Crippen LogP) is 2.59. The molecule has 7 nitrogen and oxygen atoms in total. The summed E-state index contributed by atoms with van der Waals surface area (Å²) in [6, 6.07) is 14.4. The number of nitrogens with zero attached hydrogens (tertiary/aromatic N) is 2. The smallest absolute Gasteiger partial charge is 0.297 e. The third-order valence-electron chi connectivity index (χ3n) is 4.26. The van der Waals surface area contributed by atoms with E-state index in [4.69, 9.17) is 13.9 Å².